The van der Waals surface area contributed by atoms with E-state index in [4.69, 9.17) is 4.74 Å². The third-order valence-electron chi connectivity index (χ3n) is 1.89. The Bertz CT molecular complexity index is 389. The molecule has 0 fully saturated rings. The second-order valence-corrected chi connectivity index (χ2v) is 2.98. The largest absolute Gasteiger partial charge is 0.492 e. The maximum Gasteiger partial charge on any atom is 0.387 e. The number of carbonyl (C=O) groups excluding carboxylic acids is 2. The highest BCUT2D eigenvalue weighted by Gasteiger charge is 2.14. The Morgan fingerprint density at radius 1 is 1.24 bits per heavy atom. The molecule has 0 heterocycles. The van der Waals surface area contributed by atoms with Gasteiger partial charge in [0.15, 0.2) is 12.6 Å². The average Bonchev–Trinajstić information content (AvgIpc) is 2.30. The van der Waals surface area contributed by atoms with Gasteiger partial charge in [-0.15, -0.1) is 0 Å². The van der Waals surface area contributed by atoms with Crippen molar-refractivity contribution in [1.82, 2.24) is 0 Å². The Morgan fingerprint density at radius 2 is 1.76 bits per heavy atom. The van der Waals surface area contributed by atoms with Crippen LogP contribution in [0.5, 0.6) is 11.5 Å². The van der Waals surface area contributed by atoms with Crippen LogP contribution in [0.3, 0.4) is 0 Å². The molecule has 0 amide bonds. The summed E-state index contributed by atoms with van der Waals surface area (Å²) >= 11 is 0. The van der Waals surface area contributed by atoms with Crippen LogP contribution < -0.4 is 9.47 Å². The fourth-order valence-corrected chi connectivity index (χ4v) is 1.30. The molecule has 1 rings (SSSR count). The molecular weight excluding hydrogens is 234 g/mol. The fraction of sp³-hybridized carbons (Fsp3) is 0.273. The van der Waals surface area contributed by atoms with Crippen LogP contribution in [0.2, 0.25) is 0 Å². The minimum absolute atomic E-state index is 0.00731. The first-order chi connectivity index (χ1) is 8.12. The van der Waals surface area contributed by atoms with E-state index in [0.717, 1.165) is 12.1 Å². The van der Waals surface area contributed by atoms with Crippen molar-refractivity contribution in [2.24, 2.45) is 0 Å². The number of hydrogen-bond acceptors (Lipinski definition) is 4. The Morgan fingerprint density at radius 3 is 2.12 bits per heavy atom. The zero-order chi connectivity index (χ0) is 12.8. The number of rotatable bonds is 6. The van der Waals surface area contributed by atoms with E-state index < -0.39 is 6.61 Å². The third-order valence-corrected chi connectivity index (χ3v) is 1.89. The number of carbonyl (C=O) groups is 2. The fourth-order valence-electron chi connectivity index (χ4n) is 1.30. The lowest BCUT2D eigenvalue weighted by Crippen LogP contribution is -2.05. The summed E-state index contributed by atoms with van der Waals surface area (Å²) in [5, 5.41) is 0. The molecule has 0 aliphatic carbocycles. The van der Waals surface area contributed by atoms with Gasteiger partial charge in [-0.2, -0.15) is 8.78 Å². The zero-order valence-corrected chi connectivity index (χ0v) is 8.98. The van der Waals surface area contributed by atoms with E-state index in [0.29, 0.717) is 12.6 Å². The van der Waals surface area contributed by atoms with Gasteiger partial charge in [0.05, 0.1) is 17.7 Å². The quantitative estimate of drug-likeness (QED) is 0.720. The maximum absolute atomic E-state index is 12.0. The Labute approximate surface area is 96.1 Å². The predicted molar refractivity (Wildman–Crippen MR) is 55.0 cm³/mol. The summed E-state index contributed by atoms with van der Waals surface area (Å²) in [5.41, 5.74) is -0.0146. The molecule has 6 heteroatoms. The lowest BCUT2D eigenvalue weighted by atomic mass is 10.1. The molecule has 1 aromatic rings. The summed E-state index contributed by atoms with van der Waals surface area (Å²) in [5.74, 6) is -0.188. The van der Waals surface area contributed by atoms with Crippen LogP contribution >= 0.6 is 0 Å². The monoisotopic (exact) mass is 244 g/mol. The lowest BCUT2D eigenvalue weighted by molar-refractivity contribution is -0.0499. The zero-order valence-electron chi connectivity index (χ0n) is 8.98. The molecule has 17 heavy (non-hydrogen) atoms. The molecular formula is C11H10F2O4. The minimum atomic E-state index is -3.02. The van der Waals surface area contributed by atoms with Crippen molar-refractivity contribution < 1.29 is 27.8 Å². The van der Waals surface area contributed by atoms with Gasteiger partial charge < -0.3 is 9.47 Å². The van der Waals surface area contributed by atoms with Gasteiger partial charge in [0.1, 0.15) is 11.5 Å². The molecule has 0 N–H and O–H groups in total. The molecule has 0 aliphatic heterocycles. The van der Waals surface area contributed by atoms with Crippen molar-refractivity contribution in [3.63, 3.8) is 0 Å². The third kappa shape index (κ3) is 3.24. The minimum Gasteiger partial charge on any atom is -0.492 e. The number of hydrogen-bond donors (Lipinski definition) is 0. The topological polar surface area (TPSA) is 52.6 Å². The van der Waals surface area contributed by atoms with Gasteiger partial charge in [-0.25, -0.2) is 0 Å². The van der Waals surface area contributed by atoms with E-state index in [9.17, 15) is 18.4 Å². The van der Waals surface area contributed by atoms with E-state index in [1.165, 1.54) is 0 Å². The molecule has 0 saturated carbocycles. The standard InChI is InChI=1S/C11H10F2O4/c1-2-16-10-7(5-14)3-9(17-11(12)13)4-8(10)6-15/h3-6,11H,2H2,1H3. The van der Waals surface area contributed by atoms with Crippen molar-refractivity contribution in [2.45, 2.75) is 13.5 Å². The summed E-state index contributed by atoms with van der Waals surface area (Å²) in [6, 6.07) is 2.19. The van der Waals surface area contributed by atoms with Gasteiger partial charge in [0.25, 0.3) is 0 Å². The Balaban J connectivity index is 3.23. The van der Waals surface area contributed by atoms with Crippen LogP contribution in [0.1, 0.15) is 27.6 Å². The van der Waals surface area contributed by atoms with Crippen LogP contribution in [-0.4, -0.2) is 25.8 Å². The van der Waals surface area contributed by atoms with Crippen LogP contribution in [-0.2, 0) is 0 Å². The van der Waals surface area contributed by atoms with Crippen LogP contribution in [0, 0.1) is 0 Å². The number of aldehydes is 2. The molecule has 0 aromatic heterocycles. The predicted octanol–water partition coefficient (Wildman–Crippen LogP) is 2.31. The van der Waals surface area contributed by atoms with Crippen LogP contribution in [0.15, 0.2) is 12.1 Å². The number of alkyl halides is 2. The molecule has 0 spiro atoms. The molecule has 0 radical (unpaired) electrons. The summed E-state index contributed by atoms with van der Waals surface area (Å²) in [6.45, 7) is -1.10. The van der Waals surface area contributed by atoms with E-state index in [1.807, 2.05) is 0 Å². The van der Waals surface area contributed by atoms with E-state index in [-0.39, 0.29) is 29.2 Å². The Kier molecular flexibility index (Phi) is 4.56. The summed E-state index contributed by atoms with van der Waals surface area (Å²) in [6.07, 6.45) is 0.826. The van der Waals surface area contributed by atoms with Crippen molar-refractivity contribution in [1.29, 1.82) is 0 Å². The average molecular weight is 244 g/mol. The van der Waals surface area contributed by atoms with Gasteiger partial charge in [-0.05, 0) is 19.1 Å². The molecule has 4 nitrogen and oxygen atoms in total. The van der Waals surface area contributed by atoms with Crippen molar-refractivity contribution in [2.75, 3.05) is 6.61 Å². The summed E-state index contributed by atoms with van der Waals surface area (Å²) in [7, 11) is 0. The lowest BCUT2D eigenvalue weighted by Gasteiger charge is -2.11. The smallest absolute Gasteiger partial charge is 0.387 e. The molecule has 0 unspecified atom stereocenters. The van der Waals surface area contributed by atoms with E-state index in [2.05, 4.69) is 4.74 Å². The molecule has 0 bridgehead atoms. The van der Waals surface area contributed by atoms with Gasteiger partial charge >= 0.3 is 6.61 Å². The van der Waals surface area contributed by atoms with E-state index in [1.54, 1.807) is 6.92 Å². The first kappa shape index (κ1) is 13.1. The molecule has 0 aliphatic rings. The Hall–Kier alpha value is -1.98. The van der Waals surface area contributed by atoms with Gasteiger partial charge in [0, 0.05) is 0 Å². The first-order valence-electron chi connectivity index (χ1n) is 4.78. The van der Waals surface area contributed by atoms with Crippen LogP contribution in [0.25, 0.3) is 0 Å². The summed E-state index contributed by atoms with van der Waals surface area (Å²) in [4.78, 5) is 21.5. The highest BCUT2D eigenvalue weighted by molar-refractivity contribution is 5.89. The second kappa shape index (κ2) is 5.93. The normalized spacial score (nSPS) is 10.1. The highest BCUT2D eigenvalue weighted by Crippen LogP contribution is 2.28. The van der Waals surface area contributed by atoms with Gasteiger partial charge in [-0.3, -0.25) is 9.59 Å². The number of halogens is 2. The first-order valence-corrected chi connectivity index (χ1v) is 4.78. The maximum atomic E-state index is 12.0. The van der Waals surface area contributed by atoms with Crippen molar-refractivity contribution >= 4 is 12.6 Å². The number of ether oxygens (including phenoxy) is 2. The molecule has 1 aromatic carbocycles. The molecule has 92 valence electrons. The second-order valence-electron chi connectivity index (χ2n) is 2.98. The molecule has 0 saturated heterocycles. The number of benzene rings is 1. The summed E-state index contributed by atoms with van der Waals surface area (Å²) < 4.78 is 33.3. The highest BCUT2D eigenvalue weighted by atomic mass is 19.3. The van der Waals surface area contributed by atoms with Crippen LogP contribution in [0.4, 0.5) is 8.78 Å². The molecule has 0 atom stereocenters. The SMILES string of the molecule is CCOc1c(C=O)cc(OC(F)F)cc1C=O. The van der Waals surface area contributed by atoms with Crippen molar-refractivity contribution in [3.05, 3.63) is 23.3 Å². The van der Waals surface area contributed by atoms with Crippen molar-refractivity contribution in [3.8, 4) is 11.5 Å². The van der Waals surface area contributed by atoms with Gasteiger partial charge in [0.2, 0.25) is 0 Å². The van der Waals surface area contributed by atoms with Gasteiger partial charge in [-0.1, -0.05) is 0 Å². The van der Waals surface area contributed by atoms with E-state index >= 15 is 0 Å².